The Morgan fingerprint density at radius 2 is 1.90 bits per heavy atom. The smallest absolute Gasteiger partial charge is 0.337 e. The summed E-state index contributed by atoms with van der Waals surface area (Å²) in [5.41, 5.74) is 1.64. The number of likely N-dealkylation sites (tertiary alicyclic amines) is 1. The number of amides is 1. The van der Waals surface area contributed by atoms with Gasteiger partial charge in [-0.25, -0.2) is 4.79 Å². The highest BCUT2D eigenvalue weighted by Crippen LogP contribution is 2.20. The summed E-state index contributed by atoms with van der Waals surface area (Å²) < 4.78 is 1.88. The van der Waals surface area contributed by atoms with Crippen molar-refractivity contribution in [3.05, 3.63) is 23.0 Å². The fourth-order valence-corrected chi connectivity index (χ4v) is 2.91. The molecule has 1 amide bonds. The zero-order valence-corrected chi connectivity index (χ0v) is 12.2. The Bertz CT molecular complexity index is 513. The Labute approximate surface area is 119 Å². The maximum absolute atomic E-state index is 12.3. The van der Waals surface area contributed by atoms with Crippen LogP contribution >= 0.6 is 0 Å². The third-order valence-corrected chi connectivity index (χ3v) is 3.96. The van der Waals surface area contributed by atoms with Crippen LogP contribution in [0.25, 0.3) is 0 Å². The minimum Gasteiger partial charge on any atom is -0.478 e. The first kappa shape index (κ1) is 14.6. The summed E-state index contributed by atoms with van der Waals surface area (Å²) >= 11 is 0. The standard InChI is InChI=1S/C15H22N2O3/c1-3-16-10-11(2)14(15(19)20)12(16)9-13(18)17-7-5-4-6-8-17/h10H,3-9H2,1-2H3,(H,19,20). The quantitative estimate of drug-likeness (QED) is 0.917. The van der Waals surface area contributed by atoms with Crippen LogP contribution in [0, 0.1) is 6.92 Å². The minimum atomic E-state index is -0.948. The maximum atomic E-state index is 12.3. The fourth-order valence-electron chi connectivity index (χ4n) is 2.91. The highest BCUT2D eigenvalue weighted by molar-refractivity contribution is 5.93. The summed E-state index contributed by atoms with van der Waals surface area (Å²) in [4.78, 5) is 25.6. The Morgan fingerprint density at radius 1 is 1.25 bits per heavy atom. The van der Waals surface area contributed by atoms with E-state index in [0.29, 0.717) is 12.2 Å². The van der Waals surface area contributed by atoms with Crippen molar-refractivity contribution >= 4 is 11.9 Å². The number of carboxylic acids is 1. The van der Waals surface area contributed by atoms with Gasteiger partial charge in [0.25, 0.3) is 0 Å². The first-order chi connectivity index (χ1) is 9.54. The SMILES string of the molecule is CCn1cc(C)c(C(=O)O)c1CC(=O)N1CCCCC1. The predicted molar refractivity (Wildman–Crippen MR) is 75.9 cm³/mol. The molecule has 1 saturated heterocycles. The van der Waals surface area contributed by atoms with Crippen LogP contribution in [0.1, 0.15) is 47.8 Å². The van der Waals surface area contributed by atoms with Crippen molar-refractivity contribution in [3.8, 4) is 0 Å². The van der Waals surface area contributed by atoms with Gasteiger partial charge < -0.3 is 14.6 Å². The highest BCUT2D eigenvalue weighted by Gasteiger charge is 2.23. The number of nitrogens with zero attached hydrogens (tertiary/aromatic N) is 2. The summed E-state index contributed by atoms with van der Waals surface area (Å²) in [6.07, 6.45) is 5.27. The van der Waals surface area contributed by atoms with E-state index >= 15 is 0 Å². The summed E-state index contributed by atoms with van der Waals surface area (Å²) in [7, 11) is 0. The van der Waals surface area contributed by atoms with Crippen LogP contribution in [0.15, 0.2) is 6.20 Å². The fraction of sp³-hybridized carbons (Fsp3) is 0.600. The van der Waals surface area contributed by atoms with Gasteiger partial charge in [-0.2, -0.15) is 0 Å². The van der Waals surface area contributed by atoms with Gasteiger partial charge in [-0.05, 0) is 38.7 Å². The number of hydrogen-bond donors (Lipinski definition) is 1. The molecule has 1 aromatic rings. The van der Waals surface area contributed by atoms with Gasteiger partial charge in [-0.15, -0.1) is 0 Å². The number of aromatic nitrogens is 1. The third-order valence-electron chi connectivity index (χ3n) is 3.96. The summed E-state index contributed by atoms with van der Waals surface area (Å²) in [6.45, 7) is 6.02. The van der Waals surface area contributed by atoms with Crippen LogP contribution in [0.2, 0.25) is 0 Å². The molecule has 1 N–H and O–H groups in total. The average molecular weight is 278 g/mol. The molecule has 1 aliphatic heterocycles. The molecule has 1 aromatic heterocycles. The van der Waals surface area contributed by atoms with Gasteiger partial charge in [0.05, 0.1) is 12.0 Å². The van der Waals surface area contributed by atoms with Crippen LogP contribution < -0.4 is 0 Å². The van der Waals surface area contributed by atoms with E-state index in [1.807, 2.05) is 22.6 Å². The van der Waals surface area contributed by atoms with Gasteiger partial charge in [0.15, 0.2) is 0 Å². The van der Waals surface area contributed by atoms with Crippen LogP contribution in [0.5, 0.6) is 0 Å². The molecular formula is C15H22N2O3. The van der Waals surface area contributed by atoms with Gasteiger partial charge in [-0.3, -0.25) is 4.79 Å². The number of aromatic carboxylic acids is 1. The molecule has 20 heavy (non-hydrogen) atoms. The molecular weight excluding hydrogens is 256 g/mol. The lowest BCUT2D eigenvalue weighted by Gasteiger charge is -2.27. The summed E-state index contributed by atoms with van der Waals surface area (Å²) in [5, 5.41) is 9.34. The van der Waals surface area contributed by atoms with Crippen molar-refractivity contribution in [3.63, 3.8) is 0 Å². The molecule has 0 saturated carbocycles. The normalized spacial score (nSPS) is 15.4. The van der Waals surface area contributed by atoms with Crippen molar-refractivity contribution in [2.45, 2.75) is 46.1 Å². The Kier molecular flexibility index (Phi) is 4.47. The molecule has 0 aliphatic carbocycles. The van der Waals surface area contributed by atoms with Crippen LogP contribution in [0.4, 0.5) is 0 Å². The van der Waals surface area contributed by atoms with Gasteiger partial charge in [0.1, 0.15) is 0 Å². The van der Waals surface area contributed by atoms with Crippen LogP contribution in [-0.2, 0) is 17.8 Å². The van der Waals surface area contributed by atoms with E-state index in [2.05, 4.69) is 0 Å². The molecule has 1 fully saturated rings. The topological polar surface area (TPSA) is 62.5 Å². The summed E-state index contributed by atoms with van der Waals surface area (Å²) in [6, 6.07) is 0. The molecule has 1 aliphatic rings. The van der Waals surface area contributed by atoms with Crippen LogP contribution in [-0.4, -0.2) is 39.5 Å². The highest BCUT2D eigenvalue weighted by atomic mass is 16.4. The van der Waals surface area contributed by atoms with Gasteiger partial charge in [-0.1, -0.05) is 0 Å². The van der Waals surface area contributed by atoms with E-state index < -0.39 is 5.97 Å². The lowest BCUT2D eigenvalue weighted by molar-refractivity contribution is -0.131. The molecule has 5 heteroatoms. The van der Waals surface area contributed by atoms with Crippen LogP contribution in [0.3, 0.4) is 0 Å². The number of rotatable bonds is 4. The van der Waals surface area contributed by atoms with Crippen molar-refractivity contribution in [2.75, 3.05) is 13.1 Å². The maximum Gasteiger partial charge on any atom is 0.337 e. The van der Waals surface area contributed by atoms with Gasteiger partial charge in [0, 0.05) is 31.5 Å². The summed E-state index contributed by atoms with van der Waals surface area (Å²) in [5.74, 6) is -0.906. The minimum absolute atomic E-state index is 0.0417. The third kappa shape index (κ3) is 2.86. The van der Waals surface area contributed by atoms with E-state index in [9.17, 15) is 14.7 Å². The second-order valence-electron chi connectivity index (χ2n) is 5.34. The molecule has 110 valence electrons. The first-order valence-electron chi connectivity index (χ1n) is 7.24. The van der Waals surface area contributed by atoms with E-state index in [4.69, 9.17) is 0 Å². The molecule has 0 atom stereocenters. The van der Waals surface area contributed by atoms with Crippen molar-refractivity contribution in [1.82, 2.24) is 9.47 Å². The van der Waals surface area contributed by atoms with E-state index in [1.165, 1.54) is 6.42 Å². The van der Waals surface area contributed by atoms with Crippen molar-refractivity contribution in [2.24, 2.45) is 0 Å². The molecule has 0 bridgehead atoms. The first-order valence-corrected chi connectivity index (χ1v) is 7.24. The van der Waals surface area contributed by atoms with E-state index in [0.717, 1.165) is 31.5 Å². The number of carbonyl (C=O) groups excluding carboxylic acids is 1. The van der Waals surface area contributed by atoms with E-state index in [1.54, 1.807) is 6.92 Å². The second kappa shape index (κ2) is 6.11. The van der Waals surface area contributed by atoms with Gasteiger partial charge >= 0.3 is 5.97 Å². The molecule has 0 aromatic carbocycles. The lowest BCUT2D eigenvalue weighted by Crippen LogP contribution is -2.37. The monoisotopic (exact) mass is 278 g/mol. The molecule has 0 unspecified atom stereocenters. The zero-order chi connectivity index (χ0) is 14.7. The molecule has 2 rings (SSSR count). The van der Waals surface area contributed by atoms with Gasteiger partial charge in [0.2, 0.25) is 5.91 Å². The second-order valence-corrected chi connectivity index (χ2v) is 5.34. The predicted octanol–water partition coefficient (Wildman–Crippen LogP) is 2.07. The molecule has 5 nitrogen and oxygen atoms in total. The Hall–Kier alpha value is -1.78. The average Bonchev–Trinajstić information content (AvgIpc) is 2.75. The molecule has 0 radical (unpaired) electrons. The zero-order valence-electron chi connectivity index (χ0n) is 12.2. The number of carboxylic acid groups (broad SMARTS) is 1. The number of piperidine rings is 1. The molecule has 2 heterocycles. The molecule has 0 spiro atoms. The Balaban J connectivity index is 2.23. The lowest BCUT2D eigenvalue weighted by atomic mass is 10.1. The number of carbonyl (C=O) groups is 2. The number of hydrogen-bond acceptors (Lipinski definition) is 2. The van der Waals surface area contributed by atoms with Crippen molar-refractivity contribution < 1.29 is 14.7 Å². The Morgan fingerprint density at radius 3 is 2.45 bits per heavy atom. The van der Waals surface area contributed by atoms with Crippen molar-refractivity contribution in [1.29, 1.82) is 0 Å². The largest absolute Gasteiger partial charge is 0.478 e. The number of aryl methyl sites for hydroxylation is 2. The van der Waals surface area contributed by atoms with E-state index in [-0.39, 0.29) is 17.9 Å².